The summed E-state index contributed by atoms with van der Waals surface area (Å²) in [5.74, 6) is 0. The van der Waals surface area contributed by atoms with Crippen molar-refractivity contribution in [3.05, 3.63) is 60.2 Å². The molecule has 0 atom stereocenters. The molecule has 0 aliphatic carbocycles. The van der Waals surface area contributed by atoms with E-state index >= 15 is 0 Å². The highest BCUT2D eigenvalue weighted by atomic mass is 16.3. The zero-order valence-corrected chi connectivity index (χ0v) is 11.6. The monoisotopic (exact) mass is 271 g/mol. The summed E-state index contributed by atoms with van der Waals surface area (Å²) in [6.45, 7) is 2.13. The van der Waals surface area contributed by atoms with Crippen LogP contribution >= 0.6 is 0 Å². The zero-order valence-electron chi connectivity index (χ0n) is 11.6. The second kappa shape index (κ2) is 3.67. The van der Waals surface area contributed by atoms with Crippen LogP contribution in [0.1, 0.15) is 5.56 Å². The lowest BCUT2D eigenvalue weighted by Gasteiger charge is -1.95. The number of fused-ring (bicyclic) bond motifs is 6. The van der Waals surface area contributed by atoms with Crippen molar-refractivity contribution in [2.75, 3.05) is 0 Å². The molecule has 0 amide bonds. The average Bonchev–Trinajstić information content (AvgIpc) is 3.03. The van der Waals surface area contributed by atoms with E-state index in [1.165, 1.54) is 32.6 Å². The molecule has 5 aromatic rings. The quantitative estimate of drug-likeness (QED) is 0.394. The fourth-order valence-electron chi connectivity index (χ4n) is 3.35. The first-order valence-corrected chi connectivity index (χ1v) is 7.13. The van der Waals surface area contributed by atoms with E-state index < -0.39 is 0 Å². The summed E-state index contributed by atoms with van der Waals surface area (Å²) in [6.07, 6.45) is 0. The topological polar surface area (TPSA) is 28.9 Å². The average molecular weight is 271 g/mol. The van der Waals surface area contributed by atoms with E-state index in [-0.39, 0.29) is 0 Å². The molecule has 0 spiro atoms. The lowest BCUT2D eigenvalue weighted by Crippen LogP contribution is -1.74. The van der Waals surface area contributed by atoms with Crippen molar-refractivity contribution in [1.82, 2.24) is 4.98 Å². The van der Waals surface area contributed by atoms with Crippen molar-refractivity contribution in [1.29, 1.82) is 0 Å². The first-order chi connectivity index (χ1) is 10.3. The normalized spacial score (nSPS) is 12.0. The fourth-order valence-corrected chi connectivity index (χ4v) is 3.35. The summed E-state index contributed by atoms with van der Waals surface area (Å²) in [6, 6.07) is 19.0. The van der Waals surface area contributed by atoms with E-state index in [2.05, 4.69) is 54.4 Å². The van der Waals surface area contributed by atoms with Gasteiger partial charge in [0.2, 0.25) is 0 Å². The minimum absolute atomic E-state index is 0.955. The molecule has 2 nitrogen and oxygen atoms in total. The molecule has 2 heterocycles. The van der Waals surface area contributed by atoms with Gasteiger partial charge < -0.3 is 9.40 Å². The van der Waals surface area contributed by atoms with Gasteiger partial charge in [-0.15, -0.1) is 0 Å². The summed E-state index contributed by atoms with van der Waals surface area (Å²) in [7, 11) is 0. The maximum absolute atomic E-state index is 6.05. The van der Waals surface area contributed by atoms with Crippen LogP contribution in [-0.2, 0) is 0 Å². The van der Waals surface area contributed by atoms with Crippen LogP contribution in [0, 0.1) is 6.92 Å². The maximum Gasteiger partial charge on any atom is 0.136 e. The van der Waals surface area contributed by atoms with E-state index in [0.717, 1.165) is 16.7 Å². The summed E-state index contributed by atoms with van der Waals surface area (Å²) in [5, 5.41) is 4.86. The van der Waals surface area contributed by atoms with Gasteiger partial charge in [-0.1, -0.05) is 30.3 Å². The first kappa shape index (κ1) is 11.0. The molecular formula is C19H13NO. The van der Waals surface area contributed by atoms with Gasteiger partial charge in [-0.2, -0.15) is 0 Å². The highest BCUT2D eigenvalue weighted by molar-refractivity contribution is 6.16. The Morgan fingerprint density at radius 1 is 0.762 bits per heavy atom. The molecule has 21 heavy (non-hydrogen) atoms. The SMILES string of the molecule is Cc1cccc2oc3cc4c(cc3c12)[nH]c1ccccc14. The van der Waals surface area contributed by atoms with Crippen LogP contribution in [0.2, 0.25) is 0 Å². The van der Waals surface area contributed by atoms with Gasteiger partial charge in [0.15, 0.2) is 0 Å². The predicted molar refractivity (Wildman–Crippen MR) is 87.8 cm³/mol. The van der Waals surface area contributed by atoms with Crippen LogP contribution < -0.4 is 0 Å². The summed E-state index contributed by atoms with van der Waals surface area (Å²) < 4.78 is 6.05. The molecule has 0 unspecified atom stereocenters. The molecule has 0 aliphatic heterocycles. The highest BCUT2D eigenvalue weighted by Crippen LogP contribution is 2.36. The summed E-state index contributed by atoms with van der Waals surface area (Å²) >= 11 is 0. The Morgan fingerprint density at radius 3 is 2.62 bits per heavy atom. The third kappa shape index (κ3) is 1.37. The Labute approximate surface area is 121 Å². The summed E-state index contributed by atoms with van der Waals surface area (Å²) in [5.41, 5.74) is 5.50. The molecule has 0 saturated carbocycles. The largest absolute Gasteiger partial charge is 0.456 e. The Balaban J connectivity index is 2.05. The Morgan fingerprint density at radius 2 is 1.67 bits per heavy atom. The van der Waals surface area contributed by atoms with Gasteiger partial charge in [0.1, 0.15) is 11.2 Å². The third-order valence-corrected chi connectivity index (χ3v) is 4.33. The van der Waals surface area contributed by atoms with Crippen molar-refractivity contribution in [2.45, 2.75) is 6.92 Å². The highest BCUT2D eigenvalue weighted by Gasteiger charge is 2.12. The van der Waals surface area contributed by atoms with E-state index in [9.17, 15) is 0 Å². The second-order valence-electron chi connectivity index (χ2n) is 5.61. The number of nitrogens with one attached hydrogen (secondary N) is 1. The molecule has 3 aromatic carbocycles. The maximum atomic E-state index is 6.05. The lowest BCUT2D eigenvalue weighted by molar-refractivity contribution is 0.669. The van der Waals surface area contributed by atoms with Crippen LogP contribution in [0.5, 0.6) is 0 Å². The van der Waals surface area contributed by atoms with Gasteiger partial charge in [0.25, 0.3) is 0 Å². The molecule has 2 heteroatoms. The van der Waals surface area contributed by atoms with Crippen molar-refractivity contribution < 1.29 is 4.42 Å². The number of H-pyrrole nitrogens is 1. The molecular weight excluding hydrogens is 258 g/mol. The van der Waals surface area contributed by atoms with Gasteiger partial charge in [-0.3, -0.25) is 0 Å². The Kier molecular flexibility index (Phi) is 1.92. The first-order valence-electron chi connectivity index (χ1n) is 7.13. The molecule has 0 radical (unpaired) electrons. The van der Waals surface area contributed by atoms with E-state index in [1.807, 2.05) is 12.1 Å². The van der Waals surface area contributed by atoms with Crippen LogP contribution in [0.15, 0.2) is 59.0 Å². The third-order valence-electron chi connectivity index (χ3n) is 4.33. The minimum atomic E-state index is 0.955. The van der Waals surface area contributed by atoms with Gasteiger partial charge in [-0.25, -0.2) is 0 Å². The van der Waals surface area contributed by atoms with Crippen LogP contribution in [0.25, 0.3) is 43.7 Å². The molecule has 2 aromatic heterocycles. The number of aryl methyl sites for hydroxylation is 1. The number of hydrogen-bond acceptors (Lipinski definition) is 1. The predicted octanol–water partition coefficient (Wildman–Crippen LogP) is 5.53. The van der Waals surface area contributed by atoms with Gasteiger partial charge in [0, 0.05) is 32.6 Å². The Hall–Kier alpha value is -2.74. The number of aromatic nitrogens is 1. The van der Waals surface area contributed by atoms with Crippen LogP contribution in [-0.4, -0.2) is 4.98 Å². The number of furan rings is 1. The van der Waals surface area contributed by atoms with E-state index in [4.69, 9.17) is 4.42 Å². The van der Waals surface area contributed by atoms with Crippen molar-refractivity contribution in [2.24, 2.45) is 0 Å². The van der Waals surface area contributed by atoms with Crippen molar-refractivity contribution >= 4 is 43.7 Å². The molecule has 0 aliphatic rings. The van der Waals surface area contributed by atoms with E-state index in [0.29, 0.717) is 0 Å². The fraction of sp³-hybridized carbons (Fsp3) is 0.0526. The molecule has 1 N–H and O–H groups in total. The molecule has 0 fully saturated rings. The van der Waals surface area contributed by atoms with E-state index in [1.54, 1.807) is 0 Å². The number of rotatable bonds is 0. The minimum Gasteiger partial charge on any atom is -0.456 e. The van der Waals surface area contributed by atoms with Gasteiger partial charge >= 0.3 is 0 Å². The second-order valence-corrected chi connectivity index (χ2v) is 5.61. The van der Waals surface area contributed by atoms with Crippen molar-refractivity contribution in [3.8, 4) is 0 Å². The molecule has 0 saturated heterocycles. The molecule has 100 valence electrons. The standard InChI is InChI=1S/C19H13NO/c1-11-5-4-8-17-19(11)14-9-16-13(10-18(14)21-17)12-6-2-3-7-15(12)20-16/h2-10,20H,1H3. The smallest absolute Gasteiger partial charge is 0.136 e. The Bertz CT molecular complexity index is 1140. The molecule has 5 rings (SSSR count). The number of hydrogen-bond donors (Lipinski definition) is 1. The van der Waals surface area contributed by atoms with Gasteiger partial charge in [0.05, 0.1) is 0 Å². The number of benzene rings is 3. The number of aromatic amines is 1. The van der Waals surface area contributed by atoms with Crippen LogP contribution in [0.3, 0.4) is 0 Å². The van der Waals surface area contributed by atoms with Gasteiger partial charge in [-0.05, 0) is 36.8 Å². The molecule has 0 bridgehead atoms. The zero-order chi connectivity index (χ0) is 14.0. The number of para-hydroxylation sites is 1. The van der Waals surface area contributed by atoms with Crippen LogP contribution in [0.4, 0.5) is 0 Å². The van der Waals surface area contributed by atoms with Crippen molar-refractivity contribution in [3.63, 3.8) is 0 Å². The summed E-state index contributed by atoms with van der Waals surface area (Å²) in [4.78, 5) is 3.50. The lowest BCUT2D eigenvalue weighted by atomic mass is 10.1.